The van der Waals surface area contributed by atoms with Gasteiger partial charge >= 0.3 is 7.12 Å². The molecule has 108 valence electrons. The van der Waals surface area contributed by atoms with E-state index in [4.69, 9.17) is 9.31 Å². The fourth-order valence-electron chi connectivity index (χ4n) is 2.25. The van der Waals surface area contributed by atoms with Crippen LogP contribution in [0.2, 0.25) is 0 Å². The van der Waals surface area contributed by atoms with Gasteiger partial charge < -0.3 is 9.31 Å². The Morgan fingerprint density at radius 3 is 1.79 bits per heavy atom. The molecule has 0 unspecified atom stereocenters. The van der Waals surface area contributed by atoms with Crippen LogP contribution in [-0.2, 0) is 9.31 Å². The number of alkyl halides is 2. The Morgan fingerprint density at radius 2 is 1.47 bits per heavy atom. The second-order valence-corrected chi connectivity index (χ2v) is 6.52. The summed E-state index contributed by atoms with van der Waals surface area (Å²) < 4.78 is 51.5. The molecule has 0 aromatic rings. The third-order valence-corrected chi connectivity index (χ3v) is 4.77. The van der Waals surface area contributed by atoms with Gasteiger partial charge in [-0.3, -0.25) is 0 Å². The lowest BCUT2D eigenvalue weighted by atomic mass is 9.80. The summed E-state index contributed by atoms with van der Waals surface area (Å²) in [7, 11) is -1.18. The first-order valence-electron chi connectivity index (χ1n) is 6.54. The highest BCUT2D eigenvalue weighted by molar-refractivity contribution is 6.53. The average Bonchev–Trinajstić information content (AvgIpc) is 3.02. The third-order valence-electron chi connectivity index (χ3n) is 4.77. The summed E-state index contributed by atoms with van der Waals surface area (Å²) in [6, 6.07) is 0. The van der Waals surface area contributed by atoms with Crippen LogP contribution in [0, 0.1) is 5.41 Å². The van der Waals surface area contributed by atoms with Gasteiger partial charge in [-0.05, 0) is 53.0 Å². The van der Waals surface area contributed by atoms with Gasteiger partial charge in [0.2, 0.25) is 6.43 Å². The van der Waals surface area contributed by atoms with Crippen LogP contribution in [0.1, 0.15) is 47.5 Å². The molecular formula is C13H20BF3O2. The van der Waals surface area contributed by atoms with Crippen LogP contribution in [0.5, 0.6) is 0 Å². The molecule has 0 atom stereocenters. The Bertz CT molecular complexity index is 398. The molecule has 19 heavy (non-hydrogen) atoms. The minimum atomic E-state index is -2.54. The van der Waals surface area contributed by atoms with Gasteiger partial charge in [0.05, 0.1) is 16.6 Å². The maximum Gasteiger partial charge on any atom is 0.525 e. The highest BCUT2D eigenvalue weighted by atomic mass is 19.3. The molecule has 6 heteroatoms. The molecule has 0 bridgehead atoms. The van der Waals surface area contributed by atoms with Crippen molar-refractivity contribution in [3.63, 3.8) is 0 Å². The lowest BCUT2D eigenvalue weighted by Crippen LogP contribution is -2.41. The first kappa shape index (κ1) is 14.9. The molecule has 1 aliphatic carbocycles. The largest absolute Gasteiger partial charge is 0.525 e. The molecule has 2 nitrogen and oxygen atoms in total. The van der Waals surface area contributed by atoms with Crippen LogP contribution < -0.4 is 0 Å². The van der Waals surface area contributed by atoms with Crippen LogP contribution in [0.25, 0.3) is 0 Å². The number of hydrogen-bond donors (Lipinski definition) is 0. The monoisotopic (exact) mass is 276 g/mol. The third kappa shape index (κ3) is 2.23. The van der Waals surface area contributed by atoms with Gasteiger partial charge in [0.15, 0.2) is 0 Å². The van der Waals surface area contributed by atoms with Crippen molar-refractivity contribution in [2.45, 2.75) is 65.1 Å². The van der Waals surface area contributed by atoms with Gasteiger partial charge in [0, 0.05) is 0 Å². The molecule has 2 rings (SSSR count). The molecule has 0 radical (unpaired) electrons. The first-order valence-corrected chi connectivity index (χ1v) is 6.54. The van der Waals surface area contributed by atoms with Crippen molar-refractivity contribution in [2.24, 2.45) is 5.41 Å². The number of hydrogen-bond acceptors (Lipinski definition) is 2. The lowest BCUT2D eigenvalue weighted by Gasteiger charge is -2.32. The maximum absolute atomic E-state index is 14.4. The van der Waals surface area contributed by atoms with Gasteiger partial charge in [-0.2, -0.15) is 0 Å². The fraction of sp³-hybridized carbons (Fsp3) is 0.846. The highest BCUT2D eigenvalue weighted by Gasteiger charge is 2.58. The van der Waals surface area contributed by atoms with E-state index in [2.05, 4.69) is 0 Å². The van der Waals surface area contributed by atoms with Crippen molar-refractivity contribution in [1.29, 1.82) is 0 Å². The van der Waals surface area contributed by atoms with E-state index in [9.17, 15) is 13.2 Å². The van der Waals surface area contributed by atoms with E-state index in [1.54, 1.807) is 27.7 Å². The molecule has 2 aliphatic rings. The summed E-state index contributed by atoms with van der Waals surface area (Å²) in [5.74, 6) is 0. The van der Waals surface area contributed by atoms with Crippen molar-refractivity contribution in [1.82, 2.24) is 0 Å². The Balaban J connectivity index is 2.25. The predicted octanol–water partition coefficient (Wildman–Crippen LogP) is 3.91. The SMILES string of the molecule is CC(=C(F)B1OC(C)(C)C(C)(C)O1)C1(C(F)F)CC1. The molecule has 1 aliphatic heterocycles. The van der Waals surface area contributed by atoms with Crippen molar-refractivity contribution in [2.75, 3.05) is 0 Å². The quantitative estimate of drug-likeness (QED) is 0.728. The highest BCUT2D eigenvalue weighted by Crippen LogP contribution is 2.57. The van der Waals surface area contributed by atoms with Crippen molar-refractivity contribution >= 4 is 7.12 Å². The Hall–Kier alpha value is -0.485. The van der Waals surface area contributed by atoms with Crippen LogP contribution >= 0.6 is 0 Å². The van der Waals surface area contributed by atoms with E-state index in [0.717, 1.165) is 0 Å². The van der Waals surface area contributed by atoms with E-state index in [1.165, 1.54) is 6.92 Å². The normalized spacial score (nSPS) is 28.6. The molecule has 0 spiro atoms. The van der Waals surface area contributed by atoms with Gasteiger partial charge in [0.1, 0.15) is 5.73 Å². The van der Waals surface area contributed by atoms with E-state index in [0.29, 0.717) is 12.8 Å². The number of rotatable bonds is 3. The molecule has 1 heterocycles. The maximum atomic E-state index is 14.4. The van der Waals surface area contributed by atoms with Gasteiger partial charge in [0.25, 0.3) is 0 Å². The summed E-state index contributed by atoms with van der Waals surface area (Å²) in [6.45, 7) is 8.62. The zero-order valence-corrected chi connectivity index (χ0v) is 12.0. The van der Waals surface area contributed by atoms with Crippen LogP contribution in [0.3, 0.4) is 0 Å². The van der Waals surface area contributed by atoms with Crippen LogP contribution in [-0.4, -0.2) is 24.7 Å². The van der Waals surface area contributed by atoms with Crippen LogP contribution in [0.4, 0.5) is 13.2 Å². The second kappa shape index (κ2) is 4.25. The summed E-state index contributed by atoms with van der Waals surface area (Å²) in [6.07, 6.45) is -1.90. The molecule has 0 aromatic heterocycles. The second-order valence-electron chi connectivity index (χ2n) is 6.52. The summed E-state index contributed by atoms with van der Waals surface area (Å²) in [4.78, 5) is 0. The first-order chi connectivity index (χ1) is 8.53. The zero-order valence-electron chi connectivity index (χ0n) is 12.0. The topological polar surface area (TPSA) is 18.5 Å². The Morgan fingerprint density at radius 1 is 1.05 bits per heavy atom. The van der Waals surface area contributed by atoms with E-state index in [1.807, 2.05) is 0 Å². The molecular weight excluding hydrogens is 256 g/mol. The van der Waals surface area contributed by atoms with Gasteiger partial charge in [-0.25, -0.2) is 13.2 Å². The molecule has 0 aromatic carbocycles. The summed E-state index contributed by atoms with van der Waals surface area (Å²) in [5, 5.41) is 0. The molecule has 1 saturated carbocycles. The average molecular weight is 276 g/mol. The molecule has 0 N–H and O–H groups in total. The number of halogens is 3. The fourth-order valence-corrected chi connectivity index (χ4v) is 2.25. The van der Waals surface area contributed by atoms with Crippen LogP contribution in [0.15, 0.2) is 11.3 Å². The van der Waals surface area contributed by atoms with E-state index >= 15 is 0 Å². The minimum Gasteiger partial charge on any atom is -0.398 e. The Labute approximate surface area is 112 Å². The zero-order chi connectivity index (χ0) is 14.6. The van der Waals surface area contributed by atoms with Crippen molar-refractivity contribution in [3.8, 4) is 0 Å². The minimum absolute atomic E-state index is 0.0704. The smallest absolute Gasteiger partial charge is 0.398 e. The number of allylic oxidation sites excluding steroid dienone is 1. The van der Waals surface area contributed by atoms with Gasteiger partial charge in [-0.1, -0.05) is 0 Å². The predicted molar refractivity (Wildman–Crippen MR) is 67.6 cm³/mol. The van der Waals surface area contributed by atoms with Crippen molar-refractivity contribution in [3.05, 3.63) is 11.3 Å². The molecule has 2 fully saturated rings. The standard InChI is InChI=1S/C13H20BF3O2/c1-8(13(6-7-13)10(16)17)9(15)14-18-11(2,3)12(4,5)19-14/h10H,6-7H2,1-5H3. The summed E-state index contributed by atoms with van der Waals surface area (Å²) in [5.41, 5.74) is -3.26. The van der Waals surface area contributed by atoms with E-state index in [-0.39, 0.29) is 5.57 Å². The van der Waals surface area contributed by atoms with Gasteiger partial charge in [-0.15, -0.1) is 0 Å². The van der Waals surface area contributed by atoms with Crippen molar-refractivity contribution < 1.29 is 22.5 Å². The Kier molecular flexibility index (Phi) is 3.34. The lowest BCUT2D eigenvalue weighted by molar-refractivity contribution is 0.00578. The molecule has 0 amide bonds. The van der Waals surface area contributed by atoms with E-state index < -0.39 is 35.9 Å². The summed E-state index contributed by atoms with van der Waals surface area (Å²) >= 11 is 0. The molecule has 1 saturated heterocycles.